The lowest BCUT2D eigenvalue weighted by Gasteiger charge is -2.16. The van der Waals surface area contributed by atoms with Crippen LogP contribution in [0.15, 0.2) is 18.3 Å². The number of halogens is 3. The molecule has 1 heterocycles. The molecule has 0 saturated carbocycles. The highest BCUT2D eigenvalue weighted by Gasteiger charge is 2.33. The van der Waals surface area contributed by atoms with E-state index in [1.54, 1.807) is 0 Å². The third-order valence-electron chi connectivity index (χ3n) is 3.30. The molecule has 7 heteroatoms. The molecule has 0 fully saturated rings. The predicted molar refractivity (Wildman–Crippen MR) is 73.0 cm³/mol. The summed E-state index contributed by atoms with van der Waals surface area (Å²) in [7, 11) is 0. The number of nitrogens with zero attached hydrogens (tertiary/aromatic N) is 1. The molecule has 4 nitrogen and oxygen atoms in total. The van der Waals surface area contributed by atoms with Crippen molar-refractivity contribution in [2.45, 2.75) is 38.8 Å². The third-order valence-corrected chi connectivity index (χ3v) is 3.30. The first kappa shape index (κ1) is 17.3. The van der Waals surface area contributed by atoms with Crippen LogP contribution in [0.4, 0.5) is 19.0 Å². The van der Waals surface area contributed by atoms with Crippen LogP contribution in [0, 0.1) is 5.92 Å². The Morgan fingerprint density at radius 3 is 2.71 bits per heavy atom. The van der Waals surface area contributed by atoms with E-state index in [2.05, 4.69) is 10.3 Å². The second-order valence-corrected chi connectivity index (χ2v) is 4.82. The molecular weight excluding hydrogens is 285 g/mol. The second-order valence-electron chi connectivity index (χ2n) is 4.82. The minimum Gasteiger partial charge on any atom is -0.481 e. The van der Waals surface area contributed by atoms with E-state index < -0.39 is 17.7 Å². The van der Waals surface area contributed by atoms with Crippen molar-refractivity contribution in [2.75, 3.05) is 11.9 Å². The van der Waals surface area contributed by atoms with Crippen LogP contribution in [0.2, 0.25) is 0 Å². The average Bonchev–Trinajstić information content (AvgIpc) is 2.41. The first-order valence-electron chi connectivity index (χ1n) is 6.82. The molecule has 1 unspecified atom stereocenters. The average molecular weight is 304 g/mol. The molecule has 0 aromatic carbocycles. The van der Waals surface area contributed by atoms with Gasteiger partial charge in [0.15, 0.2) is 0 Å². The number of pyridine rings is 1. The van der Waals surface area contributed by atoms with Gasteiger partial charge in [0.2, 0.25) is 0 Å². The van der Waals surface area contributed by atoms with Crippen molar-refractivity contribution in [1.29, 1.82) is 0 Å². The summed E-state index contributed by atoms with van der Waals surface area (Å²) in [6.45, 7) is 2.27. The van der Waals surface area contributed by atoms with Crippen LogP contribution in [0.5, 0.6) is 0 Å². The largest absolute Gasteiger partial charge is 0.481 e. The van der Waals surface area contributed by atoms with Crippen LogP contribution in [-0.4, -0.2) is 22.6 Å². The molecule has 0 amide bonds. The van der Waals surface area contributed by atoms with E-state index in [-0.39, 0.29) is 18.2 Å². The van der Waals surface area contributed by atoms with E-state index in [0.29, 0.717) is 19.4 Å². The topological polar surface area (TPSA) is 62.2 Å². The van der Waals surface area contributed by atoms with E-state index in [0.717, 1.165) is 12.5 Å². The molecule has 118 valence electrons. The predicted octanol–water partition coefficient (Wildman–Crippen LogP) is 3.79. The van der Waals surface area contributed by atoms with E-state index in [1.807, 2.05) is 6.92 Å². The molecule has 1 aromatic rings. The quantitative estimate of drug-likeness (QED) is 0.767. The number of rotatable bonds is 8. The molecule has 21 heavy (non-hydrogen) atoms. The van der Waals surface area contributed by atoms with Gasteiger partial charge >= 0.3 is 12.1 Å². The number of aliphatic carboxylic acids is 1. The normalized spacial score (nSPS) is 13.0. The number of carbonyl (C=O) groups is 1. The molecule has 0 bridgehead atoms. The highest BCUT2D eigenvalue weighted by atomic mass is 19.4. The summed E-state index contributed by atoms with van der Waals surface area (Å²) in [5.41, 5.74) is -0.788. The van der Waals surface area contributed by atoms with E-state index in [1.165, 1.54) is 12.3 Å². The Morgan fingerprint density at radius 1 is 1.43 bits per heavy atom. The summed E-state index contributed by atoms with van der Waals surface area (Å²) in [5.74, 6) is -0.866. The minimum absolute atomic E-state index is 0.0793. The number of anilines is 1. The molecule has 1 rings (SSSR count). The summed E-state index contributed by atoms with van der Waals surface area (Å²) >= 11 is 0. The van der Waals surface area contributed by atoms with E-state index >= 15 is 0 Å². The number of hydrogen-bond donors (Lipinski definition) is 2. The Hall–Kier alpha value is -1.79. The second kappa shape index (κ2) is 7.85. The van der Waals surface area contributed by atoms with Crippen molar-refractivity contribution >= 4 is 11.8 Å². The van der Waals surface area contributed by atoms with Gasteiger partial charge in [0.25, 0.3) is 0 Å². The number of nitrogens with one attached hydrogen (secondary N) is 1. The first-order chi connectivity index (χ1) is 9.84. The number of hydrogen-bond acceptors (Lipinski definition) is 3. The molecule has 0 spiro atoms. The molecule has 1 atom stereocenters. The van der Waals surface area contributed by atoms with Gasteiger partial charge in [-0.25, -0.2) is 4.98 Å². The van der Waals surface area contributed by atoms with Gasteiger partial charge in [0.1, 0.15) is 5.82 Å². The van der Waals surface area contributed by atoms with Crippen molar-refractivity contribution in [3.63, 3.8) is 0 Å². The zero-order valence-electron chi connectivity index (χ0n) is 11.8. The Kier molecular flexibility index (Phi) is 6.45. The highest BCUT2D eigenvalue weighted by molar-refractivity contribution is 5.66. The van der Waals surface area contributed by atoms with Crippen LogP contribution in [0.3, 0.4) is 0 Å². The molecular formula is C14H19F3N2O2. The van der Waals surface area contributed by atoms with Gasteiger partial charge in [0.05, 0.1) is 5.56 Å². The monoisotopic (exact) mass is 304 g/mol. The van der Waals surface area contributed by atoms with E-state index in [9.17, 15) is 18.0 Å². The number of aromatic nitrogens is 1. The summed E-state index contributed by atoms with van der Waals surface area (Å²) in [6, 6.07) is 2.23. The van der Waals surface area contributed by atoms with E-state index in [4.69, 9.17) is 5.11 Å². The van der Waals surface area contributed by atoms with Gasteiger partial charge in [-0.2, -0.15) is 13.2 Å². The molecule has 0 saturated heterocycles. The summed E-state index contributed by atoms with van der Waals surface area (Å²) < 4.78 is 38.3. The maximum Gasteiger partial charge on any atom is 0.419 e. The van der Waals surface area contributed by atoms with Crippen LogP contribution in [0.25, 0.3) is 0 Å². The molecule has 0 radical (unpaired) electrons. The van der Waals surface area contributed by atoms with Crippen LogP contribution >= 0.6 is 0 Å². The van der Waals surface area contributed by atoms with Crippen LogP contribution < -0.4 is 5.32 Å². The SMILES string of the molecule is CCC(CCNc1ncccc1C(F)(F)F)CCC(=O)O. The van der Waals surface area contributed by atoms with Crippen molar-refractivity contribution in [2.24, 2.45) is 5.92 Å². The Bertz CT molecular complexity index is 464. The summed E-state index contributed by atoms with van der Waals surface area (Å²) in [4.78, 5) is 14.2. The fraction of sp³-hybridized carbons (Fsp3) is 0.571. The van der Waals surface area contributed by atoms with Crippen molar-refractivity contribution in [1.82, 2.24) is 4.98 Å². The fourth-order valence-corrected chi connectivity index (χ4v) is 2.05. The van der Waals surface area contributed by atoms with Gasteiger partial charge in [0, 0.05) is 19.2 Å². The maximum absolute atomic E-state index is 12.8. The standard InChI is InChI=1S/C14H19F3N2O2/c1-2-10(5-6-12(20)21)7-9-19-13-11(14(15,16)17)4-3-8-18-13/h3-4,8,10H,2,5-7,9H2,1H3,(H,18,19)(H,20,21). The Balaban J connectivity index is 2.54. The molecule has 0 aliphatic carbocycles. The molecule has 2 N–H and O–H groups in total. The summed E-state index contributed by atoms with van der Waals surface area (Å²) in [6.07, 6.45) is -1.12. The minimum atomic E-state index is -4.44. The smallest absolute Gasteiger partial charge is 0.419 e. The van der Waals surface area contributed by atoms with Gasteiger partial charge in [-0.3, -0.25) is 4.79 Å². The number of carboxylic acid groups (broad SMARTS) is 1. The molecule has 0 aliphatic heterocycles. The highest BCUT2D eigenvalue weighted by Crippen LogP contribution is 2.33. The zero-order valence-corrected chi connectivity index (χ0v) is 11.8. The maximum atomic E-state index is 12.8. The number of carboxylic acids is 1. The van der Waals surface area contributed by atoms with Crippen molar-refractivity contribution in [3.8, 4) is 0 Å². The molecule has 0 aliphatic rings. The fourth-order valence-electron chi connectivity index (χ4n) is 2.05. The Labute approximate surface area is 121 Å². The van der Waals surface area contributed by atoms with Gasteiger partial charge < -0.3 is 10.4 Å². The van der Waals surface area contributed by atoms with Crippen LogP contribution in [0.1, 0.15) is 38.2 Å². The lowest BCUT2D eigenvalue weighted by Crippen LogP contribution is -2.15. The van der Waals surface area contributed by atoms with Gasteiger partial charge in [-0.05, 0) is 30.9 Å². The Morgan fingerprint density at radius 2 is 2.14 bits per heavy atom. The van der Waals surface area contributed by atoms with Gasteiger partial charge in [-0.15, -0.1) is 0 Å². The number of alkyl halides is 3. The van der Waals surface area contributed by atoms with Gasteiger partial charge in [-0.1, -0.05) is 13.3 Å². The lowest BCUT2D eigenvalue weighted by molar-refractivity contribution is -0.138. The lowest BCUT2D eigenvalue weighted by atomic mass is 9.96. The van der Waals surface area contributed by atoms with Crippen molar-refractivity contribution in [3.05, 3.63) is 23.9 Å². The third kappa shape index (κ3) is 6.01. The molecule has 1 aromatic heterocycles. The van der Waals surface area contributed by atoms with Crippen molar-refractivity contribution < 1.29 is 23.1 Å². The van der Waals surface area contributed by atoms with Crippen LogP contribution in [-0.2, 0) is 11.0 Å². The first-order valence-corrected chi connectivity index (χ1v) is 6.82. The summed E-state index contributed by atoms with van der Waals surface area (Å²) in [5, 5.41) is 11.3. The zero-order chi connectivity index (χ0) is 15.9.